The van der Waals surface area contributed by atoms with Crippen LogP contribution in [-0.2, 0) is 17.1 Å². The van der Waals surface area contributed by atoms with Crippen LogP contribution in [-0.4, -0.2) is 68.1 Å². The summed E-state index contributed by atoms with van der Waals surface area (Å²) >= 11 is 0. The highest BCUT2D eigenvalue weighted by molar-refractivity contribution is 7.92. The molecule has 0 bridgehead atoms. The predicted octanol–water partition coefficient (Wildman–Crippen LogP) is 1.96. The Morgan fingerprint density at radius 2 is 1.90 bits per heavy atom. The van der Waals surface area contributed by atoms with Crippen LogP contribution in [0, 0.1) is 13.8 Å². The highest BCUT2D eigenvalue weighted by Crippen LogP contribution is 2.30. The molecule has 1 aliphatic rings. The first-order valence-corrected chi connectivity index (χ1v) is 13.6. The molecule has 4 aromatic rings. The Hall–Kier alpha value is -4.59. The molecule has 1 amide bonds. The lowest BCUT2D eigenvalue weighted by molar-refractivity contribution is 0.0766. The molecule has 1 saturated heterocycles. The molecule has 1 fully saturated rings. The van der Waals surface area contributed by atoms with Crippen LogP contribution >= 0.6 is 0 Å². The normalized spacial score (nSPS) is 15.4. The second-order valence-electron chi connectivity index (χ2n) is 9.21. The Morgan fingerprint density at radius 3 is 2.59 bits per heavy atom. The second kappa shape index (κ2) is 10.3. The maximum atomic E-state index is 13.0. The predicted molar refractivity (Wildman–Crippen MR) is 142 cm³/mol. The first-order valence-electron chi connectivity index (χ1n) is 12.1. The van der Waals surface area contributed by atoms with Gasteiger partial charge in [0, 0.05) is 50.2 Å². The number of nitrogen functional groups attached to an aromatic ring is 1. The number of amides is 1. The van der Waals surface area contributed by atoms with Crippen molar-refractivity contribution in [3.05, 3.63) is 65.9 Å². The van der Waals surface area contributed by atoms with Crippen LogP contribution in [0.2, 0.25) is 0 Å². The molecule has 14 heteroatoms. The Labute approximate surface area is 225 Å². The topological polar surface area (TPSA) is 171 Å². The minimum atomic E-state index is -4.00. The average molecular weight is 550 g/mol. The number of sulfonamides is 1. The molecule has 4 heterocycles. The number of nitrogens with two attached hydrogens (primary N) is 1. The van der Waals surface area contributed by atoms with Gasteiger partial charge in [-0.2, -0.15) is 10.1 Å². The number of aryl methyl sites for hydroxylation is 3. The highest BCUT2D eigenvalue weighted by atomic mass is 32.2. The largest absolute Gasteiger partial charge is 0.472 e. The number of hydrogen-bond acceptors (Lipinski definition) is 10. The summed E-state index contributed by atoms with van der Waals surface area (Å²) in [5, 5.41) is 3.93. The van der Waals surface area contributed by atoms with Crippen LogP contribution < -0.4 is 15.2 Å². The average Bonchev–Trinajstić information content (AvgIpc) is 3.53. The molecule has 0 spiro atoms. The highest BCUT2D eigenvalue weighted by Gasteiger charge is 2.31. The number of rotatable bonds is 7. The lowest BCUT2D eigenvalue weighted by Gasteiger charge is -2.18. The zero-order chi connectivity index (χ0) is 27.7. The van der Waals surface area contributed by atoms with E-state index in [1.165, 1.54) is 29.5 Å². The minimum absolute atomic E-state index is 0.0261. The van der Waals surface area contributed by atoms with Crippen molar-refractivity contribution in [2.24, 2.45) is 7.05 Å². The van der Waals surface area contributed by atoms with E-state index in [2.05, 4.69) is 29.8 Å². The lowest BCUT2D eigenvalue weighted by Crippen LogP contribution is -2.32. The smallest absolute Gasteiger partial charge is 0.276 e. The summed E-state index contributed by atoms with van der Waals surface area (Å²) in [6.45, 7) is 4.59. The van der Waals surface area contributed by atoms with Gasteiger partial charge in [0.1, 0.15) is 11.0 Å². The molecular weight excluding hydrogens is 522 g/mol. The molecule has 202 valence electrons. The van der Waals surface area contributed by atoms with Crippen molar-refractivity contribution in [3.8, 4) is 17.1 Å². The number of nitrogens with one attached hydrogen (secondary N) is 1. The van der Waals surface area contributed by atoms with Gasteiger partial charge in [0.25, 0.3) is 15.9 Å². The number of hydrogen-bond donors (Lipinski definition) is 2. The van der Waals surface area contributed by atoms with Gasteiger partial charge < -0.3 is 15.4 Å². The molecule has 5 rings (SSSR count). The van der Waals surface area contributed by atoms with Gasteiger partial charge in [0.15, 0.2) is 11.5 Å². The zero-order valence-electron chi connectivity index (χ0n) is 21.6. The molecule has 3 aromatic heterocycles. The van der Waals surface area contributed by atoms with E-state index in [4.69, 9.17) is 10.5 Å². The summed E-state index contributed by atoms with van der Waals surface area (Å²) in [4.78, 5) is 31.3. The van der Waals surface area contributed by atoms with Gasteiger partial charge in [-0.1, -0.05) is 18.2 Å². The monoisotopic (exact) mass is 549 g/mol. The van der Waals surface area contributed by atoms with E-state index in [-0.39, 0.29) is 40.7 Å². The lowest BCUT2D eigenvalue weighted by atomic mass is 10.00. The standard InChI is InChI=1S/C25H27N9O4S/c1-15-5-4-6-16(2)21(15)19-11-20(31-25(30-19)32-39(36,37)18-12-29-33(3)14-18)38-17-7-10-34(13-17)24(35)22-23(26)28-9-8-27-22/h4-6,8-9,11-12,14,17H,7,10,13H2,1-3H3,(H2,26,28)(H,30,31,32). The van der Waals surface area contributed by atoms with E-state index in [1.807, 2.05) is 32.0 Å². The summed E-state index contributed by atoms with van der Waals surface area (Å²) in [6.07, 6.45) is 5.59. The van der Waals surface area contributed by atoms with Crippen molar-refractivity contribution < 1.29 is 17.9 Å². The Bertz CT molecular complexity index is 1630. The van der Waals surface area contributed by atoms with Crippen LogP contribution in [0.25, 0.3) is 11.3 Å². The van der Waals surface area contributed by atoms with Crippen molar-refractivity contribution in [2.45, 2.75) is 31.3 Å². The fourth-order valence-electron chi connectivity index (χ4n) is 4.44. The van der Waals surface area contributed by atoms with E-state index < -0.39 is 16.1 Å². The van der Waals surface area contributed by atoms with E-state index in [9.17, 15) is 13.2 Å². The van der Waals surface area contributed by atoms with Gasteiger partial charge >= 0.3 is 0 Å². The molecule has 3 N–H and O–H groups in total. The Balaban J connectivity index is 1.44. The minimum Gasteiger partial charge on any atom is -0.472 e. The summed E-state index contributed by atoms with van der Waals surface area (Å²) in [5.74, 6) is -0.251. The van der Waals surface area contributed by atoms with Crippen LogP contribution in [0.1, 0.15) is 28.0 Å². The van der Waals surface area contributed by atoms with Gasteiger partial charge in [0.05, 0.1) is 18.4 Å². The number of benzene rings is 1. The van der Waals surface area contributed by atoms with Crippen molar-refractivity contribution in [2.75, 3.05) is 23.5 Å². The summed E-state index contributed by atoms with van der Waals surface area (Å²) < 4.78 is 36.0. The molecule has 1 aliphatic heterocycles. The maximum Gasteiger partial charge on any atom is 0.276 e. The number of carbonyl (C=O) groups excluding carboxylic acids is 1. The zero-order valence-corrected chi connectivity index (χ0v) is 22.4. The number of likely N-dealkylation sites (tertiary alicyclic amines) is 1. The third kappa shape index (κ3) is 5.50. The van der Waals surface area contributed by atoms with Crippen molar-refractivity contribution in [1.29, 1.82) is 0 Å². The molecule has 0 saturated carbocycles. The Morgan fingerprint density at radius 1 is 1.15 bits per heavy atom. The molecule has 39 heavy (non-hydrogen) atoms. The van der Waals surface area contributed by atoms with Gasteiger partial charge in [-0.25, -0.2) is 28.1 Å². The number of nitrogens with zero attached hydrogens (tertiary/aromatic N) is 7. The van der Waals surface area contributed by atoms with Crippen LogP contribution in [0.5, 0.6) is 5.88 Å². The maximum absolute atomic E-state index is 13.0. The van der Waals surface area contributed by atoms with Crippen LogP contribution in [0.4, 0.5) is 11.8 Å². The van der Waals surface area contributed by atoms with E-state index in [1.54, 1.807) is 18.0 Å². The molecule has 0 aliphatic carbocycles. The third-order valence-corrected chi connectivity index (χ3v) is 7.59. The van der Waals surface area contributed by atoms with Gasteiger partial charge in [-0.15, -0.1) is 0 Å². The first-order chi connectivity index (χ1) is 18.6. The van der Waals surface area contributed by atoms with E-state index in [0.717, 1.165) is 16.7 Å². The number of aromatic nitrogens is 6. The van der Waals surface area contributed by atoms with Crippen molar-refractivity contribution >= 4 is 27.7 Å². The fourth-order valence-corrected chi connectivity index (χ4v) is 5.36. The van der Waals surface area contributed by atoms with E-state index >= 15 is 0 Å². The SMILES string of the molecule is Cc1cccc(C)c1-c1cc(OC2CCN(C(=O)c3nccnc3N)C2)nc(NS(=O)(=O)c2cnn(C)c2)n1. The first kappa shape index (κ1) is 26.0. The molecule has 1 unspecified atom stereocenters. The van der Waals surface area contributed by atoms with Gasteiger partial charge in [0.2, 0.25) is 11.8 Å². The second-order valence-corrected chi connectivity index (χ2v) is 10.9. The van der Waals surface area contributed by atoms with Crippen molar-refractivity contribution in [3.63, 3.8) is 0 Å². The van der Waals surface area contributed by atoms with E-state index in [0.29, 0.717) is 18.7 Å². The molecule has 1 atom stereocenters. The number of anilines is 2. The fraction of sp³-hybridized carbons (Fsp3) is 0.280. The van der Waals surface area contributed by atoms with Crippen LogP contribution in [0.15, 0.2) is 53.9 Å². The number of ether oxygens (including phenoxy) is 1. The molecule has 0 radical (unpaired) electrons. The number of carbonyl (C=O) groups is 1. The Kier molecular flexibility index (Phi) is 6.87. The molecule has 13 nitrogen and oxygen atoms in total. The molecule has 1 aromatic carbocycles. The third-order valence-electron chi connectivity index (χ3n) is 6.31. The van der Waals surface area contributed by atoms with Crippen molar-refractivity contribution in [1.82, 2.24) is 34.6 Å². The molecular formula is C25H27N9O4S. The van der Waals surface area contributed by atoms with Crippen LogP contribution in [0.3, 0.4) is 0 Å². The van der Waals surface area contributed by atoms with Gasteiger partial charge in [-0.3, -0.25) is 9.48 Å². The summed E-state index contributed by atoms with van der Waals surface area (Å²) in [6, 6.07) is 7.50. The summed E-state index contributed by atoms with van der Waals surface area (Å²) in [7, 11) is -2.38. The van der Waals surface area contributed by atoms with Gasteiger partial charge in [-0.05, 0) is 25.0 Å². The summed E-state index contributed by atoms with van der Waals surface area (Å²) in [5.41, 5.74) is 9.17. The quantitative estimate of drug-likeness (QED) is 0.347.